The van der Waals surface area contributed by atoms with Crippen LogP contribution in [-0.4, -0.2) is 23.8 Å². The lowest BCUT2D eigenvalue weighted by Crippen LogP contribution is -2.35. The van der Waals surface area contributed by atoms with Crippen molar-refractivity contribution in [2.75, 3.05) is 11.9 Å². The predicted octanol–water partition coefficient (Wildman–Crippen LogP) is 2.84. The summed E-state index contributed by atoms with van der Waals surface area (Å²) in [5, 5.41) is 0. The van der Waals surface area contributed by atoms with Gasteiger partial charge in [-0.15, -0.1) is 0 Å². The number of carbonyl (C=O) groups excluding carboxylic acids is 2. The highest BCUT2D eigenvalue weighted by Gasteiger charge is 2.65. The molecule has 5 rings (SSSR count). The van der Waals surface area contributed by atoms with E-state index in [0.717, 1.165) is 5.56 Å². The first kappa shape index (κ1) is 13.9. The van der Waals surface area contributed by atoms with Crippen LogP contribution in [0.3, 0.4) is 0 Å². The molecule has 2 fully saturated rings. The number of rotatable bonds is 1. The second-order valence-electron chi connectivity index (χ2n) is 7.08. The van der Waals surface area contributed by atoms with Gasteiger partial charge in [-0.3, -0.25) is 14.5 Å². The van der Waals surface area contributed by atoms with Crippen molar-refractivity contribution in [2.45, 2.75) is 19.0 Å². The summed E-state index contributed by atoms with van der Waals surface area (Å²) < 4.78 is 0. The Kier molecular flexibility index (Phi) is 2.64. The molecule has 0 spiro atoms. The minimum atomic E-state index is -0.260. The van der Waals surface area contributed by atoms with Crippen LogP contribution in [0.5, 0.6) is 0 Å². The van der Waals surface area contributed by atoms with E-state index in [-0.39, 0.29) is 35.7 Å². The number of hydrogen-bond donors (Lipinski definition) is 0. The second-order valence-corrected chi connectivity index (χ2v) is 7.08. The summed E-state index contributed by atoms with van der Waals surface area (Å²) in [5.41, 5.74) is 4.22. The fourth-order valence-corrected chi connectivity index (χ4v) is 4.88. The minimum Gasteiger partial charge on any atom is -0.291 e. The van der Waals surface area contributed by atoms with Gasteiger partial charge in [0.05, 0.1) is 17.5 Å². The van der Waals surface area contributed by atoms with E-state index in [9.17, 15) is 9.59 Å². The number of benzene rings is 2. The standard InChI is InChI=1S/C20H18N2O2/c1-11-7-9-12(10-8-11)22-19(23)15-16(20(22)24)18-14-6-4-3-5-13(14)17(15)21(18)2/h3-10,15-18H,1-2H3. The number of hydrogen-bond acceptors (Lipinski definition) is 3. The smallest absolute Gasteiger partial charge is 0.239 e. The van der Waals surface area contributed by atoms with Crippen LogP contribution >= 0.6 is 0 Å². The number of anilines is 1. The lowest BCUT2D eigenvalue weighted by atomic mass is 9.77. The van der Waals surface area contributed by atoms with E-state index in [4.69, 9.17) is 0 Å². The maximum Gasteiger partial charge on any atom is 0.239 e. The third-order valence-corrected chi connectivity index (χ3v) is 5.88. The average molecular weight is 318 g/mol. The summed E-state index contributed by atoms with van der Waals surface area (Å²) in [7, 11) is 2.03. The van der Waals surface area contributed by atoms with E-state index < -0.39 is 0 Å². The van der Waals surface area contributed by atoms with Gasteiger partial charge in [0.2, 0.25) is 11.8 Å². The van der Waals surface area contributed by atoms with E-state index in [1.807, 2.05) is 50.4 Å². The number of carbonyl (C=O) groups is 2. The third-order valence-electron chi connectivity index (χ3n) is 5.88. The van der Waals surface area contributed by atoms with Crippen molar-refractivity contribution in [1.29, 1.82) is 0 Å². The molecule has 2 aromatic carbocycles. The molecule has 0 saturated carbocycles. The largest absolute Gasteiger partial charge is 0.291 e. The van der Waals surface area contributed by atoms with Gasteiger partial charge in [0.25, 0.3) is 0 Å². The molecule has 2 saturated heterocycles. The normalized spacial score (nSPS) is 30.8. The molecular formula is C20H18N2O2. The van der Waals surface area contributed by atoms with Gasteiger partial charge < -0.3 is 0 Å². The molecule has 2 bridgehead atoms. The van der Waals surface area contributed by atoms with E-state index in [2.05, 4.69) is 17.0 Å². The van der Waals surface area contributed by atoms with Crippen LogP contribution in [0.2, 0.25) is 0 Å². The highest BCUT2D eigenvalue weighted by atomic mass is 16.2. The highest BCUT2D eigenvalue weighted by Crippen LogP contribution is 2.61. The summed E-state index contributed by atoms with van der Waals surface area (Å²) in [6.07, 6.45) is 0. The zero-order valence-corrected chi connectivity index (χ0v) is 13.6. The predicted molar refractivity (Wildman–Crippen MR) is 90.3 cm³/mol. The molecule has 0 N–H and O–H groups in total. The molecule has 24 heavy (non-hydrogen) atoms. The van der Waals surface area contributed by atoms with Crippen molar-refractivity contribution in [3.8, 4) is 0 Å². The Labute approximate surface area is 140 Å². The van der Waals surface area contributed by atoms with Gasteiger partial charge in [-0.2, -0.15) is 0 Å². The minimum absolute atomic E-state index is 0.0168. The molecule has 4 atom stereocenters. The van der Waals surface area contributed by atoms with Crippen LogP contribution in [0.25, 0.3) is 0 Å². The van der Waals surface area contributed by atoms with Crippen LogP contribution in [0.1, 0.15) is 28.8 Å². The summed E-state index contributed by atoms with van der Waals surface area (Å²) in [4.78, 5) is 29.8. The fraction of sp³-hybridized carbons (Fsp3) is 0.300. The second kappa shape index (κ2) is 4.54. The molecule has 3 aliphatic heterocycles. The van der Waals surface area contributed by atoms with Crippen LogP contribution in [0.4, 0.5) is 5.69 Å². The Morgan fingerprint density at radius 3 is 1.79 bits per heavy atom. The molecule has 3 aliphatic rings. The molecular weight excluding hydrogens is 300 g/mol. The summed E-state index contributed by atoms with van der Waals surface area (Å²) >= 11 is 0. The summed E-state index contributed by atoms with van der Waals surface area (Å²) in [6.45, 7) is 2.00. The first-order chi connectivity index (χ1) is 11.6. The number of nitrogens with zero attached hydrogens (tertiary/aromatic N) is 2. The Morgan fingerprint density at radius 1 is 0.792 bits per heavy atom. The van der Waals surface area contributed by atoms with Gasteiger partial charge >= 0.3 is 0 Å². The first-order valence-corrected chi connectivity index (χ1v) is 8.35. The van der Waals surface area contributed by atoms with E-state index >= 15 is 0 Å². The van der Waals surface area contributed by atoms with Gasteiger partial charge in [0.1, 0.15) is 0 Å². The molecule has 0 radical (unpaired) electrons. The molecule has 3 heterocycles. The number of imide groups is 1. The Morgan fingerprint density at radius 2 is 1.29 bits per heavy atom. The van der Waals surface area contributed by atoms with Gasteiger partial charge in [-0.25, -0.2) is 4.90 Å². The zero-order chi connectivity index (χ0) is 16.6. The van der Waals surface area contributed by atoms with Crippen LogP contribution in [0.15, 0.2) is 48.5 Å². The van der Waals surface area contributed by atoms with Gasteiger partial charge in [-0.05, 0) is 37.2 Å². The molecule has 2 aromatic rings. The van der Waals surface area contributed by atoms with Crippen molar-refractivity contribution < 1.29 is 9.59 Å². The average Bonchev–Trinajstić information content (AvgIpc) is 3.14. The van der Waals surface area contributed by atoms with Crippen molar-refractivity contribution in [3.05, 3.63) is 65.2 Å². The number of aryl methyl sites for hydroxylation is 1. The van der Waals surface area contributed by atoms with Gasteiger partial charge in [0, 0.05) is 12.1 Å². The molecule has 2 amide bonds. The lowest BCUT2D eigenvalue weighted by Gasteiger charge is -2.22. The summed E-state index contributed by atoms with van der Waals surface area (Å²) in [6, 6.07) is 15.9. The Hall–Kier alpha value is -2.46. The van der Waals surface area contributed by atoms with Crippen LogP contribution < -0.4 is 4.90 Å². The topological polar surface area (TPSA) is 40.6 Å². The van der Waals surface area contributed by atoms with E-state index in [1.54, 1.807) is 0 Å². The van der Waals surface area contributed by atoms with Gasteiger partial charge in [0.15, 0.2) is 0 Å². The molecule has 120 valence electrons. The van der Waals surface area contributed by atoms with Gasteiger partial charge in [-0.1, -0.05) is 42.0 Å². The van der Waals surface area contributed by atoms with E-state index in [1.165, 1.54) is 16.0 Å². The van der Waals surface area contributed by atoms with Crippen molar-refractivity contribution in [1.82, 2.24) is 4.90 Å². The number of amides is 2. The fourth-order valence-electron chi connectivity index (χ4n) is 4.88. The lowest BCUT2D eigenvalue weighted by molar-refractivity contribution is -0.123. The first-order valence-electron chi connectivity index (χ1n) is 8.35. The maximum atomic E-state index is 13.1. The third kappa shape index (κ3) is 1.52. The SMILES string of the molecule is Cc1ccc(N2C(=O)C3C(C2=O)C2c4ccccc4C3N2C)cc1. The molecule has 4 unspecified atom stereocenters. The van der Waals surface area contributed by atoms with Crippen molar-refractivity contribution in [3.63, 3.8) is 0 Å². The zero-order valence-electron chi connectivity index (χ0n) is 13.6. The monoisotopic (exact) mass is 318 g/mol. The highest BCUT2D eigenvalue weighted by molar-refractivity contribution is 6.23. The molecule has 4 nitrogen and oxygen atoms in total. The van der Waals surface area contributed by atoms with Crippen LogP contribution in [-0.2, 0) is 9.59 Å². The van der Waals surface area contributed by atoms with Crippen molar-refractivity contribution in [2.24, 2.45) is 11.8 Å². The Bertz CT molecular complexity index is 824. The van der Waals surface area contributed by atoms with E-state index in [0.29, 0.717) is 5.69 Å². The quantitative estimate of drug-likeness (QED) is 0.759. The Balaban J connectivity index is 1.61. The molecule has 0 aromatic heterocycles. The maximum absolute atomic E-state index is 13.1. The molecule has 4 heteroatoms. The number of fused-ring (bicyclic) bond motifs is 8. The van der Waals surface area contributed by atoms with Crippen molar-refractivity contribution >= 4 is 17.5 Å². The summed E-state index contributed by atoms with van der Waals surface area (Å²) in [5.74, 6) is -0.627. The molecule has 0 aliphatic carbocycles. The van der Waals surface area contributed by atoms with Crippen LogP contribution in [0, 0.1) is 18.8 Å².